The molecule has 0 unspecified atom stereocenters. The molecule has 0 saturated heterocycles. The van der Waals surface area contributed by atoms with Gasteiger partial charge in [-0.05, 0) is 18.2 Å². The number of hydrogen-bond donors (Lipinski definition) is 2. The molecular weight excluding hydrogens is 148 g/mol. The fraction of sp³-hybridized carbons (Fsp3) is 0.429. The fourth-order valence-corrected chi connectivity index (χ4v) is 0.651. The second-order valence-electron chi connectivity index (χ2n) is 1.64. The van der Waals surface area contributed by atoms with Crippen LogP contribution in [0.3, 0.4) is 0 Å². The SMILES string of the molecule is C/C=C(\S)CC=CCS. The Bertz CT molecular complexity index is 114. The first kappa shape index (κ1) is 9.18. The van der Waals surface area contributed by atoms with Crippen molar-refractivity contribution in [3.63, 3.8) is 0 Å². The van der Waals surface area contributed by atoms with E-state index in [9.17, 15) is 0 Å². The lowest BCUT2D eigenvalue weighted by molar-refractivity contribution is 1.34. The molecule has 0 bridgehead atoms. The lowest BCUT2D eigenvalue weighted by Gasteiger charge is -1.88. The Morgan fingerprint density at radius 1 is 1.44 bits per heavy atom. The van der Waals surface area contributed by atoms with Crippen LogP contribution in [0.4, 0.5) is 0 Å². The van der Waals surface area contributed by atoms with Gasteiger partial charge in [-0.25, -0.2) is 0 Å². The van der Waals surface area contributed by atoms with E-state index in [1.165, 1.54) is 0 Å². The molecule has 0 aromatic heterocycles. The summed E-state index contributed by atoms with van der Waals surface area (Å²) in [4.78, 5) is 1.10. The van der Waals surface area contributed by atoms with Gasteiger partial charge in [-0.2, -0.15) is 12.6 Å². The van der Waals surface area contributed by atoms with Crippen molar-refractivity contribution in [2.24, 2.45) is 0 Å². The molecule has 0 aliphatic rings. The maximum atomic E-state index is 4.19. The average molecular weight is 160 g/mol. The topological polar surface area (TPSA) is 0 Å². The molecule has 0 aromatic rings. The molecule has 52 valence electrons. The highest BCUT2D eigenvalue weighted by Crippen LogP contribution is 2.05. The Labute approximate surface area is 67.9 Å². The molecule has 0 nitrogen and oxygen atoms in total. The summed E-state index contributed by atoms with van der Waals surface area (Å²) in [5.41, 5.74) is 0. The van der Waals surface area contributed by atoms with Crippen LogP contribution in [-0.2, 0) is 0 Å². The van der Waals surface area contributed by atoms with E-state index in [1.54, 1.807) is 0 Å². The van der Waals surface area contributed by atoms with Crippen LogP contribution in [0.5, 0.6) is 0 Å². The number of allylic oxidation sites excluding steroid dienone is 3. The molecule has 0 radical (unpaired) electrons. The molecule has 0 heterocycles. The zero-order valence-corrected chi connectivity index (χ0v) is 7.33. The van der Waals surface area contributed by atoms with Gasteiger partial charge >= 0.3 is 0 Å². The molecule has 0 aromatic carbocycles. The highest BCUT2D eigenvalue weighted by atomic mass is 32.1. The first-order chi connectivity index (χ1) is 4.31. The molecule has 9 heavy (non-hydrogen) atoms. The Hall–Kier alpha value is 0.180. The zero-order valence-electron chi connectivity index (χ0n) is 5.54. The van der Waals surface area contributed by atoms with E-state index in [-0.39, 0.29) is 0 Å². The molecule has 0 aliphatic carbocycles. The highest BCUT2D eigenvalue weighted by molar-refractivity contribution is 7.84. The third-order valence-corrected chi connectivity index (χ3v) is 1.58. The molecule has 2 heteroatoms. The molecule has 0 rings (SSSR count). The van der Waals surface area contributed by atoms with Gasteiger partial charge in [0.2, 0.25) is 0 Å². The van der Waals surface area contributed by atoms with Crippen molar-refractivity contribution in [1.82, 2.24) is 0 Å². The monoisotopic (exact) mass is 160 g/mol. The van der Waals surface area contributed by atoms with E-state index < -0.39 is 0 Å². The summed E-state index contributed by atoms with van der Waals surface area (Å²) in [7, 11) is 0. The normalized spacial score (nSPS) is 13.0. The van der Waals surface area contributed by atoms with Gasteiger partial charge in [-0.3, -0.25) is 0 Å². The lowest BCUT2D eigenvalue weighted by Crippen LogP contribution is -1.67. The van der Waals surface area contributed by atoms with Crippen LogP contribution in [0.25, 0.3) is 0 Å². The minimum absolute atomic E-state index is 0.810. The largest absolute Gasteiger partial charge is 0.175 e. The second-order valence-corrected chi connectivity index (χ2v) is 2.58. The Balaban J connectivity index is 3.38. The number of rotatable bonds is 3. The van der Waals surface area contributed by atoms with E-state index in [1.807, 2.05) is 19.1 Å². The second kappa shape index (κ2) is 6.30. The van der Waals surface area contributed by atoms with E-state index in [0.29, 0.717) is 0 Å². The summed E-state index contributed by atoms with van der Waals surface area (Å²) in [6, 6.07) is 0. The van der Waals surface area contributed by atoms with Crippen LogP contribution in [-0.4, -0.2) is 5.75 Å². The Kier molecular flexibility index (Phi) is 6.43. The van der Waals surface area contributed by atoms with Crippen LogP contribution in [0, 0.1) is 0 Å². The van der Waals surface area contributed by atoms with E-state index in [4.69, 9.17) is 0 Å². The predicted octanol–water partition coefficient (Wildman–Crippen LogP) is 2.70. The molecule has 0 N–H and O–H groups in total. The van der Waals surface area contributed by atoms with Gasteiger partial charge in [0.1, 0.15) is 0 Å². The summed E-state index contributed by atoms with van der Waals surface area (Å²) >= 11 is 8.21. The van der Waals surface area contributed by atoms with Crippen molar-refractivity contribution >= 4 is 25.3 Å². The maximum Gasteiger partial charge on any atom is 0.00826 e. The standard InChI is InChI=1S/C7H12S2/c1-2-7(9)5-3-4-6-8/h2-4,8-9H,5-6H2,1H3/b4-3?,7-2-. The van der Waals surface area contributed by atoms with Crippen LogP contribution >= 0.6 is 25.3 Å². The summed E-state index contributed by atoms with van der Waals surface area (Å²) in [6.07, 6.45) is 7.00. The molecule has 0 fully saturated rings. The first-order valence-corrected chi connectivity index (χ1v) is 3.99. The highest BCUT2D eigenvalue weighted by Gasteiger charge is 1.80. The lowest BCUT2D eigenvalue weighted by atomic mass is 10.3. The quantitative estimate of drug-likeness (QED) is 0.460. The van der Waals surface area contributed by atoms with E-state index in [2.05, 4.69) is 31.3 Å². The first-order valence-electron chi connectivity index (χ1n) is 2.91. The molecule has 0 spiro atoms. The summed E-state index contributed by atoms with van der Waals surface area (Å²) in [5, 5.41) is 0. The van der Waals surface area contributed by atoms with E-state index in [0.717, 1.165) is 17.1 Å². The molecule has 0 aliphatic heterocycles. The summed E-state index contributed by atoms with van der Waals surface area (Å²) < 4.78 is 0. The van der Waals surface area contributed by atoms with Gasteiger partial charge in [0.25, 0.3) is 0 Å². The minimum atomic E-state index is 0.810. The van der Waals surface area contributed by atoms with Crippen molar-refractivity contribution in [3.05, 3.63) is 23.1 Å². The van der Waals surface area contributed by atoms with Gasteiger partial charge in [0.15, 0.2) is 0 Å². The van der Waals surface area contributed by atoms with Crippen molar-refractivity contribution in [2.75, 3.05) is 5.75 Å². The van der Waals surface area contributed by atoms with Crippen LogP contribution < -0.4 is 0 Å². The minimum Gasteiger partial charge on any atom is -0.175 e. The Morgan fingerprint density at radius 2 is 2.11 bits per heavy atom. The van der Waals surface area contributed by atoms with Crippen LogP contribution in [0.1, 0.15) is 13.3 Å². The maximum absolute atomic E-state index is 4.19. The number of hydrogen-bond acceptors (Lipinski definition) is 2. The molecular formula is C7H12S2. The van der Waals surface area contributed by atoms with Crippen molar-refractivity contribution in [3.8, 4) is 0 Å². The van der Waals surface area contributed by atoms with Crippen LogP contribution in [0.15, 0.2) is 23.1 Å². The van der Waals surface area contributed by atoms with Gasteiger partial charge < -0.3 is 0 Å². The summed E-state index contributed by atoms with van der Waals surface area (Å²) in [6.45, 7) is 1.98. The van der Waals surface area contributed by atoms with Crippen LogP contribution in [0.2, 0.25) is 0 Å². The summed E-state index contributed by atoms with van der Waals surface area (Å²) in [5.74, 6) is 0.810. The molecule has 0 amide bonds. The van der Waals surface area contributed by atoms with Crippen molar-refractivity contribution in [1.29, 1.82) is 0 Å². The Morgan fingerprint density at radius 3 is 2.56 bits per heavy atom. The molecule has 0 saturated carbocycles. The average Bonchev–Trinajstić information content (AvgIpc) is 1.89. The smallest absolute Gasteiger partial charge is 0.00826 e. The van der Waals surface area contributed by atoms with Gasteiger partial charge in [0, 0.05) is 5.75 Å². The van der Waals surface area contributed by atoms with Crippen molar-refractivity contribution in [2.45, 2.75) is 13.3 Å². The molecule has 0 atom stereocenters. The third kappa shape index (κ3) is 6.06. The van der Waals surface area contributed by atoms with Crippen molar-refractivity contribution < 1.29 is 0 Å². The van der Waals surface area contributed by atoms with E-state index >= 15 is 0 Å². The number of thiol groups is 2. The van der Waals surface area contributed by atoms with Gasteiger partial charge in [0.05, 0.1) is 0 Å². The zero-order chi connectivity index (χ0) is 7.11. The third-order valence-electron chi connectivity index (χ3n) is 0.932. The van der Waals surface area contributed by atoms with Gasteiger partial charge in [-0.15, -0.1) is 12.6 Å². The predicted molar refractivity (Wildman–Crippen MR) is 50.4 cm³/mol. The fourth-order valence-electron chi connectivity index (χ4n) is 0.396. The van der Waals surface area contributed by atoms with Gasteiger partial charge in [-0.1, -0.05) is 18.2 Å².